The van der Waals surface area contributed by atoms with Crippen LogP contribution in [0.1, 0.15) is 54.6 Å². The number of aliphatic hydroxyl groups is 1. The average Bonchev–Trinajstić information content (AvgIpc) is 3.33. The van der Waals surface area contributed by atoms with Gasteiger partial charge in [-0.2, -0.15) is 0 Å². The molecule has 8 heteroatoms. The Bertz CT molecular complexity index is 1380. The highest BCUT2D eigenvalue weighted by Crippen LogP contribution is 2.38. The first-order chi connectivity index (χ1) is 19.2. The van der Waals surface area contributed by atoms with E-state index < -0.39 is 5.60 Å². The van der Waals surface area contributed by atoms with Crippen LogP contribution in [0.5, 0.6) is 5.75 Å². The molecule has 3 N–H and O–H groups in total. The molecule has 3 aromatic rings. The van der Waals surface area contributed by atoms with E-state index in [0.29, 0.717) is 18.2 Å². The monoisotopic (exact) mass is 560 g/mol. The Hall–Kier alpha value is -3.23. The molecule has 5 rings (SSSR count). The summed E-state index contributed by atoms with van der Waals surface area (Å²) in [7, 11) is 0. The Balaban J connectivity index is 1.32. The maximum atomic E-state index is 11.9. The first-order valence-corrected chi connectivity index (χ1v) is 14.2. The van der Waals surface area contributed by atoms with Crippen LogP contribution < -0.4 is 10.5 Å². The van der Waals surface area contributed by atoms with Crippen molar-refractivity contribution in [3.05, 3.63) is 99.8 Å². The Morgan fingerprint density at radius 1 is 1.23 bits per heavy atom. The van der Waals surface area contributed by atoms with Crippen molar-refractivity contribution in [3.63, 3.8) is 0 Å². The van der Waals surface area contributed by atoms with Crippen LogP contribution in [0, 0.1) is 0 Å². The molecule has 1 atom stereocenters. The van der Waals surface area contributed by atoms with Gasteiger partial charge in [0.1, 0.15) is 12.4 Å². The van der Waals surface area contributed by atoms with Gasteiger partial charge in [-0.1, -0.05) is 41.9 Å². The van der Waals surface area contributed by atoms with Crippen molar-refractivity contribution in [3.8, 4) is 5.75 Å². The summed E-state index contributed by atoms with van der Waals surface area (Å²) in [6.07, 6.45) is 5.89. The van der Waals surface area contributed by atoms with Crippen LogP contribution >= 0.6 is 11.6 Å². The number of carbonyl (C=O) groups excluding carboxylic acids is 1. The Labute approximate surface area is 241 Å². The minimum Gasteiger partial charge on any atom is -0.487 e. The van der Waals surface area contributed by atoms with Crippen LogP contribution in [0.15, 0.2) is 66.9 Å². The largest absolute Gasteiger partial charge is 0.487 e. The Kier molecular flexibility index (Phi) is 8.57. The molecule has 1 saturated heterocycles. The number of carbonyl (C=O) groups is 1. The van der Waals surface area contributed by atoms with Gasteiger partial charge in [0.2, 0.25) is 5.91 Å². The number of primary amides is 1. The summed E-state index contributed by atoms with van der Waals surface area (Å²) in [5, 5.41) is 11.4. The molecule has 210 valence electrons. The number of aromatic nitrogens is 1. The van der Waals surface area contributed by atoms with Gasteiger partial charge in [-0.15, -0.1) is 0 Å². The van der Waals surface area contributed by atoms with Gasteiger partial charge in [-0.05, 0) is 80.3 Å². The first kappa shape index (κ1) is 28.3. The number of halogens is 1. The standard InChI is InChI=1S/C32H37ClN4O3/c1-32(2,39)23-9-12-30-28(17-23)26(27-5-3-14-35-29(27)21-40-30)6-4-15-36-16-13-25(19-36)37(20-31(34)38)18-22-7-10-24(33)11-8-22/h3,5-12,14,17,25,39H,4,13,15-16,18-21H2,1-2H3,(H2,34,38). The number of hydrogen-bond donors (Lipinski definition) is 2. The number of nitrogens with two attached hydrogens (primary N) is 1. The van der Waals surface area contributed by atoms with Gasteiger partial charge in [0.05, 0.1) is 17.8 Å². The molecule has 0 bridgehead atoms. The number of rotatable bonds is 9. The minimum absolute atomic E-state index is 0.231. The van der Waals surface area contributed by atoms with Crippen molar-refractivity contribution in [2.75, 3.05) is 26.2 Å². The maximum Gasteiger partial charge on any atom is 0.231 e. The fourth-order valence-electron chi connectivity index (χ4n) is 5.60. The number of ether oxygens (including phenoxy) is 1. The number of hydrogen-bond acceptors (Lipinski definition) is 6. The van der Waals surface area contributed by atoms with E-state index in [4.69, 9.17) is 22.1 Å². The van der Waals surface area contributed by atoms with E-state index in [1.807, 2.05) is 48.5 Å². The first-order valence-electron chi connectivity index (χ1n) is 13.8. The fraction of sp³-hybridized carbons (Fsp3) is 0.375. The summed E-state index contributed by atoms with van der Waals surface area (Å²) < 4.78 is 6.13. The minimum atomic E-state index is -0.961. The molecule has 1 amide bonds. The lowest BCUT2D eigenvalue weighted by molar-refractivity contribution is -0.119. The molecular weight excluding hydrogens is 524 g/mol. The molecule has 7 nitrogen and oxygen atoms in total. The SMILES string of the molecule is CC(C)(O)c1ccc2c(c1)C(=CCCN1CCC(N(CC(N)=O)Cc3ccc(Cl)cc3)C1)c1cccnc1CO2. The lowest BCUT2D eigenvalue weighted by atomic mass is 9.90. The second kappa shape index (κ2) is 12.1. The van der Waals surface area contributed by atoms with Crippen LogP contribution in [0.4, 0.5) is 0 Å². The number of likely N-dealkylation sites (tertiary alicyclic amines) is 1. The van der Waals surface area contributed by atoms with Crippen LogP contribution in [0.3, 0.4) is 0 Å². The molecule has 1 unspecified atom stereocenters. The normalized spacial score (nSPS) is 18.3. The van der Waals surface area contributed by atoms with Crippen molar-refractivity contribution in [1.29, 1.82) is 0 Å². The fourth-order valence-corrected chi connectivity index (χ4v) is 5.73. The predicted molar refractivity (Wildman–Crippen MR) is 158 cm³/mol. The Morgan fingerprint density at radius 3 is 2.77 bits per heavy atom. The third kappa shape index (κ3) is 6.73. The molecule has 2 aliphatic rings. The number of pyridine rings is 1. The summed E-state index contributed by atoms with van der Waals surface area (Å²) in [6.45, 7) is 7.62. The molecular formula is C32H37ClN4O3. The van der Waals surface area contributed by atoms with Crippen molar-refractivity contribution in [2.45, 2.75) is 51.5 Å². The van der Waals surface area contributed by atoms with Gasteiger partial charge in [-0.3, -0.25) is 14.7 Å². The van der Waals surface area contributed by atoms with Crippen LogP contribution in [-0.4, -0.2) is 58.0 Å². The molecule has 0 spiro atoms. The third-order valence-corrected chi connectivity index (χ3v) is 7.99. The molecule has 0 saturated carbocycles. The molecule has 3 heterocycles. The van der Waals surface area contributed by atoms with Gasteiger partial charge in [0.15, 0.2) is 0 Å². The zero-order valence-electron chi connectivity index (χ0n) is 23.1. The lowest BCUT2D eigenvalue weighted by Crippen LogP contribution is -2.42. The van der Waals surface area contributed by atoms with E-state index in [9.17, 15) is 9.90 Å². The number of fused-ring (bicyclic) bond motifs is 2. The highest BCUT2D eigenvalue weighted by atomic mass is 35.5. The molecule has 0 radical (unpaired) electrons. The van der Waals surface area contributed by atoms with Gasteiger partial charge in [0, 0.05) is 48.0 Å². The zero-order chi connectivity index (χ0) is 28.3. The summed E-state index contributed by atoms with van der Waals surface area (Å²) >= 11 is 6.06. The number of benzene rings is 2. The van der Waals surface area contributed by atoms with Crippen LogP contribution in [0.25, 0.3) is 5.57 Å². The van der Waals surface area contributed by atoms with E-state index in [-0.39, 0.29) is 18.5 Å². The van der Waals surface area contributed by atoms with Crippen LogP contribution in [0.2, 0.25) is 5.02 Å². The summed E-state index contributed by atoms with van der Waals surface area (Å²) in [5.41, 5.74) is 10.6. The summed E-state index contributed by atoms with van der Waals surface area (Å²) in [5.74, 6) is 0.479. The van der Waals surface area contributed by atoms with Crippen molar-refractivity contribution < 1.29 is 14.6 Å². The summed E-state index contributed by atoms with van der Waals surface area (Å²) in [6, 6.07) is 18.0. The van der Waals surface area contributed by atoms with E-state index in [0.717, 1.165) is 71.7 Å². The lowest BCUT2D eigenvalue weighted by Gasteiger charge is -2.28. The molecule has 40 heavy (non-hydrogen) atoms. The average molecular weight is 561 g/mol. The van der Waals surface area contributed by atoms with Crippen molar-refractivity contribution in [2.24, 2.45) is 5.73 Å². The predicted octanol–water partition coefficient (Wildman–Crippen LogP) is 4.74. The highest BCUT2D eigenvalue weighted by Gasteiger charge is 2.29. The Morgan fingerprint density at radius 2 is 2.02 bits per heavy atom. The van der Waals surface area contributed by atoms with E-state index in [1.165, 1.54) is 0 Å². The second-order valence-electron chi connectivity index (χ2n) is 11.2. The molecule has 0 aliphatic carbocycles. The maximum absolute atomic E-state index is 11.9. The van der Waals surface area contributed by atoms with Gasteiger partial charge < -0.3 is 20.5 Å². The quantitative estimate of drug-likeness (QED) is 0.393. The van der Waals surface area contributed by atoms with E-state index in [2.05, 4.69) is 26.9 Å². The smallest absolute Gasteiger partial charge is 0.231 e. The molecule has 1 fully saturated rings. The van der Waals surface area contributed by atoms with E-state index in [1.54, 1.807) is 20.0 Å². The molecule has 2 aromatic carbocycles. The van der Waals surface area contributed by atoms with Crippen molar-refractivity contribution in [1.82, 2.24) is 14.8 Å². The molecule has 1 aromatic heterocycles. The van der Waals surface area contributed by atoms with Crippen molar-refractivity contribution >= 4 is 23.1 Å². The van der Waals surface area contributed by atoms with Crippen LogP contribution in [-0.2, 0) is 23.5 Å². The summed E-state index contributed by atoms with van der Waals surface area (Å²) in [4.78, 5) is 21.1. The van der Waals surface area contributed by atoms with Gasteiger partial charge in [-0.25, -0.2) is 0 Å². The third-order valence-electron chi connectivity index (χ3n) is 7.74. The second-order valence-corrected chi connectivity index (χ2v) is 11.6. The van der Waals surface area contributed by atoms with E-state index >= 15 is 0 Å². The number of amides is 1. The topological polar surface area (TPSA) is 91.9 Å². The zero-order valence-corrected chi connectivity index (χ0v) is 23.9. The highest BCUT2D eigenvalue weighted by molar-refractivity contribution is 6.30. The number of nitrogens with zero attached hydrogens (tertiary/aromatic N) is 3. The van der Waals surface area contributed by atoms with Gasteiger partial charge in [0.25, 0.3) is 0 Å². The molecule has 2 aliphatic heterocycles. The van der Waals surface area contributed by atoms with Gasteiger partial charge >= 0.3 is 0 Å².